The summed E-state index contributed by atoms with van der Waals surface area (Å²) in [5, 5.41) is 0.975. The van der Waals surface area contributed by atoms with Crippen LogP contribution in [0.1, 0.15) is 27.7 Å². The SMILES string of the molecule is CCN(CC)CC.C[CH2][Al]([Cl])[Cl]. The Bertz CT molecular complexity index is 71.9. The quantitative estimate of drug-likeness (QED) is 0.667. The Kier molecular flexibility index (Phi) is 15.6. The summed E-state index contributed by atoms with van der Waals surface area (Å²) in [5.74, 6) is 0. The van der Waals surface area contributed by atoms with E-state index in [0.717, 1.165) is 5.28 Å². The molecule has 0 heterocycles. The summed E-state index contributed by atoms with van der Waals surface area (Å²) >= 11 is -1.21. The highest BCUT2D eigenvalue weighted by Gasteiger charge is 2.03. The number of hydrogen-bond acceptors (Lipinski definition) is 1. The lowest BCUT2D eigenvalue weighted by atomic mass is 10.5. The third-order valence-corrected chi connectivity index (χ3v) is 4.12. The zero-order valence-corrected chi connectivity index (χ0v) is 11.3. The molecule has 0 spiro atoms. The molecular formula is C8H20AlCl2N. The van der Waals surface area contributed by atoms with E-state index in [-0.39, 0.29) is 0 Å². The molecule has 0 atom stereocenters. The van der Waals surface area contributed by atoms with Crippen LogP contribution in [0.4, 0.5) is 0 Å². The zero-order chi connectivity index (χ0) is 9.98. The summed E-state index contributed by atoms with van der Waals surface area (Å²) < 4.78 is 0. The molecule has 0 aliphatic rings. The van der Waals surface area contributed by atoms with Gasteiger partial charge in [-0.25, -0.2) is 20.1 Å². The highest BCUT2D eigenvalue weighted by atomic mass is 35.7. The van der Waals surface area contributed by atoms with Gasteiger partial charge in [-0.05, 0) is 19.6 Å². The van der Waals surface area contributed by atoms with E-state index >= 15 is 0 Å². The highest BCUT2D eigenvalue weighted by Crippen LogP contribution is 1.98. The van der Waals surface area contributed by atoms with Crippen molar-refractivity contribution in [1.82, 2.24) is 4.90 Å². The molecule has 0 rings (SSSR count). The second-order valence-electron chi connectivity index (χ2n) is 2.42. The van der Waals surface area contributed by atoms with E-state index in [1.54, 1.807) is 0 Å². The maximum Gasteiger partial charge on any atom is 0.519 e. The van der Waals surface area contributed by atoms with Crippen LogP contribution in [0, 0.1) is 0 Å². The van der Waals surface area contributed by atoms with Crippen molar-refractivity contribution in [3.8, 4) is 0 Å². The standard InChI is InChI=1S/C6H15N.C2H5.Al.2ClH/c1-4-7(5-2)6-3;1-2;;;/h4-6H2,1-3H3;1H2,2H3;;2*1H/q;;+2;;/p-2. The van der Waals surface area contributed by atoms with Gasteiger partial charge < -0.3 is 4.90 Å². The van der Waals surface area contributed by atoms with E-state index in [1.165, 1.54) is 19.6 Å². The molecule has 1 nitrogen and oxygen atoms in total. The topological polar surface area (TPSA) is 3.24 Å². The molecule has 0 bridgehead atoms. The molecule has 0 radical (unpaired) electrons. The molecule has 0 fully saturated rings. The van der Waals surface area contributed by atoms with Gasteiger partial charge in [-0.2, -0.15) is 0 Å². The second kappa shape index (κ2) is 12.1. The van der Waals surface area contributed by atoms with Crippen molar-refractivity contribution in [1.29, 1.82) is 0 Å². The fourth-order valence-electron chi connectivity index (χ4n) is 0.671. The molecule has 0 aromatic rings. The van der Waals surface area contributed by atoms with E-state index in [4.69, 9.17) is 20.1 Å². The van der Waals surface area contributed by atoms with E-state index in [9.17, 15) is 0 Å². The van der Waals surface area contributed by atoms with Crippen LogP contribution < -0.4 is 0 Å². The van der Waals surface area contributed by atoms with Crippen LogP contribution in [0.25, 0.3) is 0 Å². The molecule has 0 aromatic heterocycles. The van der Waals surface area contributed by atoms with Crippen molar-refractivity contribution in [2.45, 2.75) is 33.0 Å². The highest BCUT2D eigenvalue weighted by molar-refractivity contribution is 7.33. The maximum atomic E-state index is 5.37. The van der Waals surface area contributed by atoms with Gasteiger partial charge in [0, 0.05) is 0 Å². The van der Waals surface area contributed by atoms with Gasteiger partial charge in [0.05, 0.1) is 0 Å². The third-order valence-electron chi connectivity index (χ3n) is 1.65. The number of rotatable bonds is 4. The van der Waals surface area contributed by atoms with Gasteiger partial charge in [0.2, 0.25) is 0 Å². The molecule has 0 aliphatic heterocycles. The van der Waals surface area contributed by atoms with E-state index in [1.807, 2.05) is 6.92 Å². The second-order valence-corrected chi connectivity index (χ2v) is 7.85. The van der Waals surface area contributed by atoms with Gasteiger partial charge in [0.15, 0.2) is 0 Å². The van der Waals surface area contributed by atoms with Crippen molar-refractivity contribution in [3.63, 3.8) is 0 Å². The van der Waals surface area contributed by atoms with Crippen molar-refractivity contribution in [2.75, 3.05) is 19.6 Å². The largest absolute Gasteiger partial charge is 0.519 e. The molecule has 0 saturated carbocycles. The van der Waals surface area contributed by atoms with Gasteiger partial charge in [0.25, 0.3) is 0 Å². The molecule has 0 aromatic carbocycles. The van der Waals surface area contributed by atoms with Crippen LogP contribution in [-0.4, -0.2) is 36.8 Å². The van der Waals surface area contributed by atoms with Gasteiger partial charge in [-0.1, -0.05) is 33.0 Å². The Morgan fingerprint density at radius 1 is 0.917 bits per heavy atom. The van der Waals surface area contributed by atoms with Crippen LogP contribution in [0.5, 0.6) is 0 Å². The first-order chi connectivity index (χ1) is 5.62. The minimum atomic E-state index is -1.21. The van der Waals surface area contributed by atoms with E-state index in [0.29, 0.717) is 0 Å². The van der Waals surface area contributed by atoms with Gasteiger partial charge in [0.1, 0.15) is 0 Å². The summed E-state index contributed by atoms with van der Waals surface area (Å²) in [6.45, 7) is 12.1. The molecule has 0 unspecified atom stereocenters. The minimum absolute atomic E-state index is 0.975. The predicted molar refractivity (Wildman–Crippen MR) is 61.4 cm³/mol. The molecule has 0 N–H and O–H groups in total. The Morgan fingerprint density at radius 2 is 1.17 bits per heavy atom. The summed E-state index contributed by atoms with van der Waals surface area (Å²) in [5.41, 5.74) is 0. The monoisotopic (exact) mass is 227 g/mol. The summed E-state index contributed by atoms with van der Waals surface area (Å²) in [6, 6.07) is 0. The lowest BCUT2D eigenvalue weighted by molar-refractivity contribution is 0.321. The summed E-state index contributed by atoms with van der Waals surface area (Å²) in [6.07, 6.45) is 0. The fourth-order valence-corrected chi connectivity index (χ4v) is 0.671. The third kappa shape index (κ3) is 13.6. The first-order valence-corrected chi connectivity index (χ1v) is 8.93. The van der Waals surface area contributed by atoms with Gasteiger partial charge in [-0.3, -0.25) is 0 Å². The van der Waals surface area contributed by atoms with Gasteiger partial charge in [-0.15, -0.1) is 0 Å². The van der Waals surface area contributed by atoms with Crippen LogP contribution in [0.3, 0.4) is 0 Å². The maximum absolute atomic E-state index is 5.37. The number of halogens is 2. The molecule has 0 saturated heterocycles. The molecule has 0 amide bonds. The fraction of sp³-hybridized carbons (Fsp3) is 1.00. The van der Waals surface area contributed by atoms with Crippen LogP contribution in [-0.2, 0) is 0 Å². The number of hydrogen-bond donors (Lipinski definition) is 0. The average Bonchev–Trinajstić information content (AvgIpc) is 2.09. The minimum Gasteiger partial charge on any atom is -0.304 e. The number of nitrogens with zero attached hydrogens (tertiary/aromatic N) is 1. The van der Waals surface area contributed by atoms with Crippen LogP contribution >= 0.6 is 20.1 Å². The van der Waals surface area contributed by atoms with Gasteiger partial charge >= 0.3 is 12.3 Å². The van der Waals surface area contributed by atoms with Crippen molar-refractivity contribution in [3.05, 3.63) is 0 Å². The van der Waals surface area contributed by atoms with E-state index in [2.05, 4.69) is 25.7 Å². The van der Waals surface area contributed by atoms with Crippen LogP contribution in [0.15, 0.2) is 0 Å². The lowest BCUT2D eigenvalue weighted by Crippen LogP contribution is -2.21. The first kappa shape index (κ1) is 15.5. The average molecular weight is 228 g/mol. The normalized spacial score (nSPS) is 9.25. The summed E-state index contributed by atoms with van der Waals surface area (Å²) in [7, 11) is 10.7. The van der Waals surface area contributed by atoms with Crippen molar-refractivity contribution >= 4 is 32.4 Å². The first-order valence-electron chi connectivity index (χ1n) is 4.62. The van der Waals surface area contributed by atoms with Crippen molar-refractivity contribution < 1.29 is 0 Å². The summed E-state index contributed by atoms with van der Waals surface area (Å²) in [4.78, 5) is 2.38. The smallest absolute Gasteiger partial charge is 0.304 e. The molecule has 12 heavy (non-hydrogen) atoms. The Balaban J connectivity index is 0. The Hall–Kier alpha value is 1.07. The molecule has 0 aliphatic carbocycles. The van der Waals surface area contributed by atoms with Crippen molar-refractivity contribution in [2.24, 2.45) is 0 Å². The molecular weight excluding hydrogens is 208 g/mol. The molecule has 74 valence electrons. The van der Waals surface area contributed by atoms with Crippen LogP contribution in [0.2, 0.25) is 5.28 Å². The zero-order valence-electron chi connectivity index (χ0n) is 8.61. The van der Waals surface area contributed by atoms with E-state index < -0.39 is 12.3 Å². The Morgan fingerprint density at radius 3 is 1.17 bits per heavy atom. The lowest BCUT2D eigenvalue weighted by Gasteiger charge is -2.13. The predicted octanol–water partition coefficient (Wildman–Crippen LogP) is 3.32. The molecule has 4 heteroatoms. The Labute approximate surface area is 89.8 Å².